The molecule has 0 saturated heterocycles. The topological polar surface area (TPSA) is 91.5 Å². The Hall–Kier alpha value is -3.10. The number of rotatable bonds is 11. The zero-order chi connectivity index (χ0) is 21.3. The highest BCUT2D eigenvalue weighted by Gasteiger charge is 2.11. The second-order valence-corrected chi connectivity index (χ2v) is 7.04. The predicted molar refractivity (Wildman–Crippen MR) is 114 cm³/mol. The summed E-state index contributed by atoms with van der Waals surface area (Å²) >= 11 is 6.43. The number of methoxy groups -OCH3 is 1. The number of benzene rings is 2. The van der Waals surface area contributed by atoms with Crippen LogP contribution in [0.1, 0.15) is 17.5 Å². The highest BCUT2D eigenvalue weighted by Crippen LogP contribution is 2.34. The molecule has 0 spiro atoms. The molecule has 3 rings (SSSR count). The summed E-state index contributed by atoms with van der Waals surface area (Å²) in [4.78, 5) is 14.3. The Morgan fingerprint density at radius 1 is 1.23 bits per heavy atom. The number of halogens is 1. The fourth-order valence-electron chi connectivity index (χ4n) is 2.89. The normalized spacial score (nSPS) is 10.7. The maximum Gasteiger partial charge on any atom is 0.269 e. The van der Waals surface area contributed by atoms with Crippen molar-refractivity contribution in [1.82, 2.24) is 14.9 Å². The number of hydrogen-bond acceptors (Lipinski definition) is 6. The van der Waals surface area contributed by atoms with E-state index in [1.54, 1.807) is 37.8 Å². The first kappa shape index (κ1) is 21.6. The highest BCUT2D eigenvalue weighted by atomic mass is 35.5. The van der Waals surface area contributed by atoms with Crippen LogP contribution in [-0.4, -0.2) is 28.1 Å². The van der Waals surface area contributed by atoms with E-state index in [2.05, 4.69) is 10.3 Å². The number of nitrogens with zero attached hydrogens (tertiary/aromatic N) is 3. The first-order valence-corrected chi connectivity index (χ1v) is 9.83. The van der Waals surface area contributed by atoms with Crippen LogP contribution in [0.2, 0.25) is 5.02 Å². The van der Waals surface area contributed by atoms with Crippen LogP contribution in [0.4, 0.5) is 5.69 Å². The maximum absolute atomic E-state index is 10.7. The van der Waals surface area contributed by atoms with Crippen molar-refractivity contribution in [3.8, 4) is 11.5 Å². The Balaban J connectivity index is 1.54. The van der Waals surface area contributed by atoms with E-state index in [1.807, 2.05) is 16.8 Å². The van der Waals surface area contributed by atoms with E-state index in [-0.39, 0.29) is 12.3 Å². The third kappa shape index (κ3) is 5.95. The van der Waals surface area contributed by atoms with Gasteiger partial charge < -0.3 is 19.4 Å². The van der Waals surface area contributed by atoms with Crippen LogP contribution in [0.25, 0.3) is 0 Å². The molecule has 0 aliphatic heterocycles. The molecule has 30 heavy (non-hydrogen) atoms. The van der Waals surface area contributed by atoms with Gasteiger partial charge in [-0.1, -0.05) is 11.6 Å². The zero-order valence-corrected chi connectivity index (χ0v) is 17.3. The van der Waals surface area contributed by atoms with Crippen molar-refractivity contribution in [1.29, 1.82) is 0 Å². The van der Waals surface area contributed by atoms with Crippen LogP contribution in [-0.2, 0) is 19.7 Å². The van der Waals surface area contributed by atoms with Crippen molar-refractivity contribution in [3.05, 3.63) is 81.4 Å². The molecular weight excluding hydrogens is 408 g/mol. The zero-order valence-electron chi connectivity index (χ0n) is 16.6. The molecule has 8 nitrogen and oxygen atoms in total. The Labute approximate surface area is 179 Å². The minimum Gasteiger partial charge on any atom is -0.493 e. The van der Waals surface area contributed by atoms with E-state index in [9.17, 15) is 10.1 Å². The second kappa shape index (κ2) is 10.6. The number of ether oxygens (including phenoxy) is 2. The number of non-ortho nitro benzene ring substituents is 1. The van der Waals surface area contributed by atoms with E-state index in [4.69, 9.17) is 21.1 Å². The van der Waals surface area contributed by atoms with Gasteiger partial charge in [-0.2, -0.15) is 0 Å². The van der Waals surface area contributed by atoms with Gasteiger partial charge in [0.1, 0.15) is 6.61 Å². The van der Waals surface area contributed by atoms with Gasteiger partial charge in [0.05, 0.1) is 18.4 Å². The third-order valence-electron chi connectivity index (χ3n) is 4.52. The molecule has 0 atom stereocenters. The summed E-state index contributed by atoms with van der Waals surface area (Å²) in [6.45, 7) is 2.60. The Bertz CT molecular complexity index is 962. The molecule has 1 N–H and O–H groups in total. The summed E-state index contributed by atoms with van der Waals surface area (Å²) in [5.41, 5.74) is 1.77. The number of nitrogens with one attached hydrogen (secondary N) is 1. The quantitative estimate of drug-likeness (QED) is 0.278. The van der Waals surface area contributed by atoms with Crippen molar-refractivity contribution in [2.75, 3.05) is 13.7 Å². The van der Waals surface area contributed by atoms with E-state index in [0.29, 0.717) is 23.1 Å². The monoisotopic (exact) mass is 430 g/mol. The Kier molecular flexibility index (Phi) is 7.64. The molecular formula is C21H23ClN4O4. The number of aryl methyl sites for hydroxylation is 1. The van der Waals surface area contributed by atoms with Crippen LogP contribution in [0, 0.1) is 10.1 Å². The lowest BCUT2D eigenvalue weighted by molar-refractivity contribution is -0.384. The Morgan fingerprint density at radius 2 is 2.03 bits per heavy atom. The van der Waals surface area contributed by atoms with E-state index in [0.717, 1.165) is 30.6 Å². The molecule has 3 aromatic rings. The summed E-state index contributed by atoms with van der Waals surface area (Å²) in [7, 11) is 1.57. The third-order valence-corrected chi connectivity index (χ3v) is 4.87. The van der Waals surface area contributed by atoms with Crippen molar-refractivity contribution in [2.45, 2.75) is 26.1 Å². The van der Waals surface area contributed by atoms with Crippen LogP contribution in [0.5, 0.6) is 11.5 Å². The Morgan fingerprint density at radius 3 is 2.70 bits per heavy atom. The van der Waals surface area contributed by atoms with Gasteiger partial charge in [-0.3, -0.25) is 10.1 Å². The van der Waals surface area contributed by atoms with Crippen LogP contribution in [0.3, 0.4) is 0 Å². The number of aromatic nitrogens is 2. The van der Waals surface area contributed by atoms with Gasteiger partial charge in [0.2, 0.25) is 0 Å². The first-order chi connectivity index (χ1) is 14.6. The van der Waals surface area contributed by atoms with Gasteiger partial charge in [0, 0.05) is 48.7 Å². The smallest absolute Gasteiger partial charge is 0.269 e. The van der Waals surface area contributed by atoms with Crippen LogP contribution in [0.15, 0.2) is 55.1 Å². The average Bonchev–Trinajstić information content (AvgIpc) is 3.27. The van der Waals surface area contributed by atoms with Gasteiger partial charge in [-0.05, 0) is 42.3 Å². The van der Waals surface area contributed by atoms with Gasteiger partial charge in [-0.25, -0.2) is 4.98 Å². The molecule has 1 heterocycles. The lowest BCUT2D eigenvalue weighted by atomic mass is 10.2. The summed E-state index contributed by atoms with van der Waals surface area (Å²) in [6, 6.07) is 9.81. The van der Waals surface area contributed by atoms with Crippen LogP contribution < -0.4 is 14.8 Å². The molecule has 0 amide bonds. The van der Waals surface area contributed by atoms with Gasteiger partial charge in [0.15, 0.2) is 11.5 Å². The molecule has 2 aromatic carbocycles. The maximum atomic E-state index is 10.7. The van der Waals surface area contributed by atoms with Crippen molar-refractivity contribution < 1.29 is 14.4 Å². The molecule has 158 valence electrons. The standard InChI is InChI=1S/C21H23ClN4O4/c1-29-20-11-17(13-23-7-2-9-25-10-8-24-15-25)19(22)12-21(20)30-14-16-3-5-18(6-4-16)26(27)28/h3-6,8,10-12,15,23H,2,7,9,13-14H2,1H3. The molecule has 0 aliphatic rings. The van der Waals surface area contributed by atoms with Crippen molar-refractivity contribution in [3.63, 3.8) is 0 Å². The lowest BCUT2D eigenvalue weighted by Gasteiger charge is -2.14. The highest BCUT2D eigenvalue weighted by molar-refractivity contribution is 6.31. The molecule has 0 bridgehead atoms. The molecule has 0 saturated carbocycles. The minimum absolute atomic E-state index is 0.0428. The first-order valence-electron chi connectivity index (χ1n) is 9.46. The SMILES string of the molecule is COc1cc(CNCCCn2ccnc2)c(Cl)cc1OCc1ccc([N+](=O)[O-])cc1. The largest absolute Gasteiger partial charge is 0.493 e. The molecule has 9 heteroatoms. The lowest BCUT2D eigenvalue weighted by Crippen LogP contribution is -2.16. The number of nitro benzene ring substituents is 1. The molecule has 1 aromatic heterocycles. The molecule has 0 unspecified atom stereocenters. The average molecular weight is 431 g/mol. The van der Waals surface area contributed by atoms with Crippen molar-refractivity contribution >= 4 is 17.3 Å². The summed E-state index contributed by atoms with van der Waals surface area (Å²) < 4.78 is 13.3. The fraction of sp³-hybridized carbons (Fsp3) is 0.286. The van der Waals surface area contributed by atoms with Gasteiger partial charge in [-0.15, -0.1) is 0 Å². The number of nitro groups is 1. The molecule has 0 aliphatic carbocycles. The van der Waals surface area contributed by atoms with Gasteiger partial charge in [0.25, 0.3) is 5.69 Å². The fourth-order valence-corrected chi connectivity index (χ4v) is 3.11. The number of imidazole rings is 1. The summed E-state index contributed by atoms with van der Waals surface area (Å²) in [6.07, 6.45) is 6.49. The van der Waals surface area contributed by atoms with Crippen LogP contribution >= 0.6 is 11.6 Å². The van der Waals surface area contributed by atoms with Crippen molar-refractivity contribution in [2.24, 2.45) is 0 Å². The second-order valence-electron chi connectivity index (χ2n) is 6.64. The van der Waals surface area contributed by atoms with E-state index < -0.39 is 4.92 Å². The summed E-state index contributed by atoms with van der Waals surface area (Å²) in [5.74, 6) is 1.10. The van der Waals surface area contributed by atoms with E-state index in [1.165, 1.54) is 12.1 Å². The molecule has 0 fully saturated rings. The molecule has 0 radical (unpaired) electrons. The minimum atomic E-state index is -0.433. The number of hydrogen-bond donors (Lipinski definition) is 1. The summed E-state index contributed by atoms with van der Waals surface area (Å²) in [5, 5.41) is 14.7. The van der Waals surface area contributed by atoms with Gasteiger partial charge >= 0.3 is 0 Å². The van der Waals surface area contributed by atoms with E-state index >= 15 is 0 Å². The predicted octanol–water partition coefficient (Wildman–Crippen LogP) is 4.21.